The molecule has 0 unspecified atom stereocenters. The van der Waals surface area contributed by atoms with Crippen molar-refractivity contribution in [1.29, 1.82) is 0 Å². The van der Waals surface area contributed by atoms with Crippen LogP contribution in [0, 0.1) is 5.41 Å². The molecule has 0 radical (unpaired) electrons. The van der Waals surface area contributed by atoms with Gasteiger partial charge in [-0.25, -0.2) is 0 Å². The maximum absolute atomic E-state index is 10.9. The first-order valence-corrected chi connectivity index (χ1v) is 4.52. The van der Waals surface area contributed by atoms with Gasteiger partial charge in [0.15, 0.2) is 0 Å². The predicted molar refractivity (Wildman–Crippen MR) is 50.3 cm³/mol. The van der Waals surface area contributed by atoms with Crippen LogP contribution in [0.5, 0.6) is 0 Å². The highest BCUT2D eigenvalue weighted by Crippen LogP contribution is 2.13. The largest absolute Gasteiger partial charge is 0.465 e. The van der Waals surface area contributed by atoms with Crippen molar-refractivity contribution in [1.82, 2.24) is 0 Å². The molecule has 0 aromatic heterocycles. The van der Waals surface area contributed by atoms with Gasteiger partial charge in [-0.1, -0.05) is 13.8 Å². The topological polar surface area (TPSA) is 46.5 Å². The Morgan fingerprint density at radius 2 is 2.17 bits per heavy atom. The van der Waals surface area contributed by atoms with Crippen molar-refractivity contribution in [3.8, 4) is 0 Å². The summed E-state index contributed by atoms with van der Waals surface area (Å²) >= 11 is 3.90. The Labute approximate surface area is 78.5 Å². The van der Waals surface area contributed by atoms with Crippen molar-refractivity contribution < 1.29 is 14.6 Å². The lowest BCUT2D eigenvalue weighted by Crippen LogP contribution is -2.25. The first kappa shape index (κ1) is 11.8. The molecule has 4 heteroatoms. The maximum atomic E-state index is 10.9. The third-order valence-corrected chi connectivity index (χ3v) is 1.59. The molecule has 0 rings (SSSR count). The Bertz CT molecular complexity index is 145. The Morgan fingerprint density at radius 3 is 2.58 bits per heavy atom. The van der Waals surface area contributed by atoms with E-state index in [1.165, 1.54) is 0 Å². The van der Waals surface area contributed by atoms with Crippen LogP contribution >= 0.6 is 12.6 Å². The van der Waals surface area contributed by atoms with Gasteiger partial charge < -0.3 is 9.84 Å². The fourth-order valence-electron chi connectivity index (χ4n) is 0.485. The van der Waals surface area contributed by atoms with Gasteiger partial charge in [0.25, 0.3) is 0 Å². The summed E-state index contributed by atoms with van der Waals surface area (Å²) in [6.45, 7) is 3.94. The maximum Gasteiger partial charge on any atom is 0.306 e. The van der Waals surface area contributed by atoms with E-state index in [4.69, 9.17) is 9.84 Å². The number of rotatable bonds is 5. The molecule has 0 atom stereocenters. The first-order chi connectivity index (χ1) is 5.52. The Kier molecular flexibility index (Phi) is 5.33. The molecule has 0 aliphatic heterocycles. The van der Waals surface area contributed by atoms with E-state index >= 15 is 0 Å². The summed E-state index contributed by atoms with van der Waals surface area (Å²) < 4.78 is 4.89. The number of hydrogen-bond donors (Lipinski definition) is 2. The third kappa shape index (κ3) is 5.43. The van der Waals surface area contributed by atoms with Crippen LogP contribution in [-0.2, 0) is 9.53 Å². The van der Waals surface area contributed by atoms with Crippen LogP contribution in [0.4, 0.5) is 0 Å². The van der Waals surface area contributed by atoms with Gasteiger partial charge in [0.05, 0.1) is 19.6 Å². The number of thiol groups is 1. The number of ether oxygens (including phenoxy) is 1. The summed E-state index contributed by atoms with van der Waals surface area (Å²) in [7, 11) is 0. The van der Waals surface area contributed by atoms with Gasteiger partial charge in [-0.05, 0) is 0 Å². The molecule has 0 bridgehead atoms. The second-order valence-electron chi connectivity index (χ2n) is 3.46. The molecule has 0 aromatic rings. The molecule has 0 aromatic carbocycles. The molecule has 0 saturated heterocycles. The summed E-state index contributed by atoms with van der Waals surface area (Å²) in [4.78, 5) is 10.9. The molecular weight excluding hydrogens is 176 g/mol. The standard InChI is InChI=1S/C8H16O3S/c1-8(2,5-9)6-11-7(10)3-4-12/h9,12H,3-6H2,1-2H3. The van der Waals surface area contributed by atoms with Gasteiger partial charge in [0, 0.05) is 11.2 Å². The number of carbonyl (C=O) groups excluding carboxylic acids is 1. The molecule has 3 nitrogen and oxygen atoms in total. The molecule has 0 heterocycles. The van der Waals surface area contributed by atoms with E-state index < -0.39 is 0 Å². The minimum absolute atomic E-state index is 0.0150. The van der Waals surface area contributed by atoms with Crippen LogP contribution in [0.3, 0.4) is 0 Å². The van der Waals surface area contributed by atoms with Crippen molar-refractivity contribution in [3.63, 3.8) is 0 Å². The zero-order chi connectivity index (χ0) is 9.61. The van der Waals surface area contributed by atoms with E-state index in [-0.39, 0.29) is 24.6 Å². The summed E-state index contributed by atoms with van der Waals surface area (Å²) in [5.41, 5.74) is -0.341. The average molecular weight is 192 g/mol. The van der Waals surface area contributed by atoms with Gasteiger partial charge in [-0.3, -0.25) is 4.79 Å². The van der Waals surface area contributed by atoms with Crippen LogP contribution in [0.15, 0.2) is 0 Å². The highest BCUT2D eigenvalue weighted by Gasteiger charge is 2.18. The fourth-order valence-corrected chi connectivity index (χ4v) is 0.668. The molecule has 0 spiro atoms. The van der Waals surface area contributed by atoms with Crippen LogP contribution in [0.2, 0.25) is 0 Å². The third-order valence-electron chi connectivity index (χ3n) is 1.37. The number of carbonyl (C=O) groups is 1. The molecule has 0 amide bonds. The first-order valence-electron chi connectivity index (χ1n) is 3.89. The number of hydrogen-bond acceptors (Lipinski definition) is 4. The molecular formula is C8H16O3S. The minimum atomic E-state index is -0.341. The molecule has 0 aliphatic carbocycles. The van der Waals surface area contributed by atoms with Crippen LogP contribution in [0.1, 0.15) is 20.3 Å². The predicted octanol–water partition coefficient (Wildman–Crippen LogP) is 0.868. The quantitative estimate of drug-likeness (QED) is 0.502. The lowest BCUT2D eigenvalue weighted by Gasteiger charge is -2.20. The van der Waals surface area contributed by atoms with E-state index in [2.05, 4.69) is 12.6 Å². The lowest BCUT2D eigenvalue weighted by atomic mass is 9.97. The Hall–Kier alpha value is -0.220. The fraction of sp³-hybridized carbons (Fsp3) is 0.875. The monoisotopic (exact) mass is 192 g/mol. The van der Waals surface area contributed by atoms with Gasteiger partial charge in [0.2, 0.25) is 0 Å². The van der Waals surface area contributed by atoms with Gasteiger partial charge in [-0.15, -0.1) is 0 Å². The molecule has 1 N–H and O–H groups in total. The lowest BCUT2D eigenvalue weighted by molar-refractivity contribution is -0.146. The molecule has 0 saturated carbocycles. The van der Waals surface area contributed by atoms with Crippen LogP contribution in [-0.4, -0.2) is 30.0 Å². The van der Waals surface area contributed by atoms with E-state index in [9.17, 15) is 4.79 Å². The molecule has 0 fully saturated rings. The van der Waals surface area contributed by atoms with Crippen molar-refractivity contribution in [2.75, 3.05) is 19.0 Å². The summed E-state index contributed by atoms with van der Waals surface area (Å²) in [5.74, 6) is 0.241. The zero-order valence-electron chi connectivity index (χ0n) is 7.54. The average Bonchev–Trinajstić information content (AvgIpc) is 2.02. The van der Waals surface area contributed by atoms with Crippen LogP contribution < -0.4 is 0 Å². The van der Waals surface area contributed by atoms with Gasteiger partial charge in [-0.2, -0.15) is 12.6 Å². The number of aliphatic hydroxyl groups excluding tert-OH is 1. The highest BCUT2D eigenvalue weighted by atomic mass is 32.1. The Morgan fingerprint density at radius 1 is 1.58 bits per heavy atom. The van der Waals surface area contributed by atoms with Crippen LogP contribution in [0.25, 0.3) is 0 Å². The second-order valence-corrected chi connectivity index (χ2v) is 3.90. The van der Waals surface area contributed by atoms with Crippen molar-refractivity contribution in [2.45, 2.75) is 20.3 Å². The summed E-state index contributed by atoms with van der Waals surface area (Å²) in [5, 5.41) is 8.83. The van der Waals surface area contributed by atoms with Gasteiger partial charge in [0.1, 0.15) is 0 Å². The normalized spacial score (nSPS) is 11.3. The van der Waals surface area contributed by atoms with Crippen molar-refractivity contribution in [2.24, 2.45) is 5.41 Å². The van der Waals surface area contributed by atoms with E-state index in [0.717, 1.165) is 0 Å². The highest BCUT2D eigenvalue weighted by molar-refractivity contribution is 7.80. The summed E-state index contributed by atoms with van der Waals surface area (Å²) in [6.07, 6.45) is 0.324. The SMILES string of the molecule is CC(C)(CO)COC(=O)CCS. The molecule has 12 heavy (non-hydrogen) atoms. The molecule has 72 valence electrons. The van der Waals surface area contributed by atoms with E-state index in [1.54, 1.807) is 0 Å². The van der Waals surface area contributed by atoms with Gasteiger partial charge >= 0.3 is 5.97 Å². The minimum Gasteiger partial charge on any atom is -0.465 e. The molecule has 0 aliphatic rings. The summed E-state index contributed by atoms with van der Waals surface area (Å²) in [6, 6.07) is 0. The number of esters is 1. The van der Waals surface area contributed by atoms with E-state index in [0.29, 0.717) is 12.2 Å². The van der Waals surface area contributed by atoms with Crippen molar-refractivity contribution >= 4 is 18.6 Å². The smallest absolute Gasteiger partial charge is 0.306 e. The van der Waals surface area contributed by atoms with Crippen molar-refractivity contribution in [3.05, 3.63) is 0 Å². The zero-order valence-corrected chi connectivity index (χ0v) is 8.43. The van der Waals surface area contributed by atoms with E-state index in [1.807, 2.05) is 13.8 Å². The second kappa shape index (κ2) is 5.43. The number of aliphatic hydroxyl groups is 1. The Balaban J connectivity index is 3.60.